The summed E-state index contributed by atoms with van der Waals surface area (Å²) in [7, 11) is -2.78. The third-order valence-corrected chi connectivity index (χ3v) is 8.77. The Balaban J connectivity index is 1.77. The fourth-order valence-corrected chi connectivity index (χ4v) is 6.27. The monoisotopic (exact) mass is 637 g/mol. The minimum absolute atomic E-state index is 0.0580. The number of hydrogen-bond donors (Lipinski definition) is 1. The summed E-state index contributed by atoms with van der Waals surface area (Å²) in [6, 6.07) is 28.4. The second-order valence-electron chi connectivity index (χ2n) is 9.27. The van der Waals surface area contributed by atoms with Crippen molar-refractivity contribution in [1.29, 1.82) is 0 Å². The van der Waals surface area contributed by atoms with Crippen molar-refractivity contribution in [1.82, 2.24) is 10.2 Å². The van der Waals surface area contributed by atoms with Gasteiger partial charge < -0.3 is 10.2 Å². The molecular formula is C31H29BrFN3O4S. The maximum atomic E-state index is 14.2. The molecule has 0 radical (unpaired) electrons. The van der Waals surface area contributed by atoms with Gasteiger partial charge in [-0.2, -0.15) is 0 Å². The van der Waals surface area contributed by atoms with Crippen molar-refractivity contribution in [2.75, 3.05) is 17.9 Å². The molecule has 7 nitrogen and oxygen atoms in total. The lowest BCUT2D eigenvalue weighted by Crippen LogP contribution is -2.53. The average molecular weight is 639 g/mol. The van der Waals surface area contributed by atoms with Crippen LogP contribution in [0, 0.1) is 5.82 Å². The van der Waals surface area contributed by atoms with Crippen LogP contribution in [0.4, 0.5) is 10.1 Å². The number of para-hydroxylation sites is 1. The zero-order valence-corrected chi connectivity index (χ0v) is 24.7. The van der Waals surface area contributed by atoms with Crippen LogP contribution in [0.15, 0.2) is 119 Å². The molecule has 0 unspecified atom stereocenters. The maximum Gasteiger partial charge on any atom is 0.264 e. The Bertz CT molecular complexity index is 1590. The maximum absolute atomic E-state index is 14.2. The summed E-state index contributed by atoms with van der Waals surface area (Å²) < 4.78 is 43.0. The number of rotatable bonds is 11. The van der Waals surface area contributed by atoms with Crippen LogP contribution < -0.4 is 9.62 Å². The molecule has 10 heteroatoms. The molecule has 1 atom stereocenters. The fraction of sp³-hybridized carbons (Fsp3) is 0.161. The van der Waals surface area contributed by atoms with Crippen LogP contribution in [-0.4, -0.2) is 44.8 Å². The summed E-state index contributed by atoms with van der Waals surface area (Å²) in [4.78, 5) is 28.7. The summed E-state index contributed by atoms with van der Waals surface area (Å²) in [6.45, 7) is -0.525. The van der Waals surface area contributed by atoms with Gasteiger partial charge in [-0.25, -0.2) is 12.8 Å². The third-order valence-electron chi connectivity index (χ3n) is 6.48. The third kappa shape index (κ3) is 7.59. The lowest BCUT2D eigenvalue weighted by Gasteiger charge is -2.33. The first kappa shape index (κ1) is 30.0. The number of halogens is 2. The Kier molecular flexibility index (Phi) is 9.91. The van der Waals surface area contributed by atoms with Crippen molar-refractivity contribution in [2.45, 2.75) is 23.9 Å². The number of carbonyl (C=O) groups is 2. The molecule has 0 saturated carbocycles. The van der Waals surface area contributed by atoms with Crippen LogP contribution in [0.3, 0.4) is 0 Å². The molecule has 4 aromatic carbocycles. The van der Waals surface area contributed by atoms with Crippen LogP contribution >= 0.6 is 15.9 Å². The number of anilines is 1. The van der Waals surface area contributed by atoms with Gasteiger partial charge in [0.25, 0.3) is 10.0 Å². The lowest BCUT2D eigenvalue weighted by molar-refractivity contribution is -0.139. The van der Waals surface area contributed by atoms with Crippen molar-refractivity contribution in [3.8, 4) is 0 Å². The first-order valence-corrected chi connectivity index (χ1v) is 15.0. The Morgan fingerprint density at radius 3 is 2.07 bits per heavy atom. The Morgan fingerprint density at radius 2 is 1.46 bits per heavy atom. The van der Waals surface area contributed by atoms with Gasteiger partial charge in [-0.1, -0.05) is 76.6 Å². The number of nitrogens with one attached hydrogen (secondary N) is 1. The smallest absolute Gasteiger partial charge is 0.264 e. The van der Waals surface area contributed by atoms with Gasteiger partial charge in [0.05, 0.1) is 10.6 Å². The summed E-state index contributed by atoms with van der Waals surface area (Å²) in [5, 5.41) is 2.65. The van der Waals surface area contributed by atoms with E-state index in [0.717, 1.165) is 44.2 Å². The van der Waals surface area contributed by atoms with Gasteiger partial charge in [-0.15, -0.1) is 0 Å². The van der Waals surface area contributed by atoms with E-state index < -0.39 is 34.3 Å². The van der Waals surface area contributed by atoms with E-state index in [1.165, 1.54) is 11.9 Å². The number of benzene rings is 4. The molecule has 0 saturated heterocycles. The second kappa shape index (κ2) is 13.6. The highest BCUT2D eigenvalue weighted by Gasteiger charge is 2.34. The van der Waals surface area contributed by atoms with E-state index in [4.69, 9.17) is 0 Å². The van der Waals surface area contributed by atoms with E-state index in [-0.39, 0.29) is 29.5 Å². The van der Waals surface area contributed by atoms with Gasteiger partial charge in [-0.3, -0.25) is 13.9 Å². The lowest BCUT2D eigenvalue weighted by atomic mass is 10.0. The highest BCUT2D eigenvalue weighted by Crippen LogP contribution is 2.25. The molecule has 212 valence electrons. The standard InChI is InChI=1S/C31H29BrFN3O4S/c1-34-31(38)29(20-23-9-4-2-5-10-23)35(21-24-11-8-12-25(32)19-24)30(37)22-36(27-13-6-3-7-14-27)41(39,40)28-17-15-26(33)16-18-28/h2-19,29H,20-22H2,1H3,(H,34,38)/t29-/m0/s1. The van der Waals surface area contributed by atoms with Gasteiger partial charge in [0.2, 0.25) is 11.8 Å². The molecule has 0 spiro atoms. The molecular weight excluding hydrogens is 609 g/mol. The predicted octanol–water partition coefficient (Wildman–Crippen LogP) is 5.17. The Morgan fingerprint density at radius 1 is 0.854 bits per heavy atom. The molecule has 4 aromatic rings. The van der Waals surface area contributed by atoms with Gasteiger partial charge in [0, 0.05) is 24.5 Å². The predicted molar refractivity (Wildman–Crippen MR) is 160 cm³/mol. The van der Waals surface area contributed by atoms with Crippen molar-refractivity contribution in [3.63, 3.8) is 0 Å². The molecule has 0 aliphatic heterocycles. The molecule has 0 heterocycles. The molecule has 0 fully saturated rings. The fourth-order valence-electron chi connectivity index (χ4n) is 4.41. The Hall–Kier alpha value is -4.02. The topological polar surface area (TPSA) is 86.8 Å². The molecule has 41 heavy (non-hydrogen) atoms. The van der Waals surface area contributed by atoms with E-state index in [2.05, 4.69) is 21.2 Å². The number of carbonyl (C=O) groups excluding carboxylic acids is 2. The minimum atomic E-state index is -4.28. The molecule has 0 aliphatic carbocycles. The van der Waals surface area contributed by atoms with Crippen molar-refractivity contribution in [3.05, 3.63) is 131 Å². The number of nitrogens with zero attached hydrogens (tertiary/aromatic N) is 2. The van der Waals surface area contributed by atoms with E-state index in [9.17, 15) is 22.4 Å². The summed E-state index contributed by atoms with van der Waals surface area (Å²) in [6.07, 6.45) is 0.219. The molecule has 2 amide bonds. The summed E-state index contributed by atoms with van der Waals surface area (Å²) in [5.74, 6) is -1.55. The Labute approximate surface area is 247 Å². The number of amides is 2. The quantitative estimate of drug-likeness (QED) is 0.246. The minimum Gasteiger partial charge on any atom is -0.357 e. The normalized spacial score (nSPS) is 11.9. The highest BCUT2D eigenvalue weighted by molar-refractivity contribution is 9.10. The van der Waals surface area contributed by atoms with Crippen LogP contribution in [0.2, 0.25) is 0 Å². The number of hydrogen-bond acceptors (Lipinski definition) is 4. The average Bonchev–Trinajstić information content (AvgIpc) is 2.98. The zero-order valence-electron chi connectivity index (χ0n) is 22.3. The summed E-state index contributed by atoms with van der Waals surface area (Å²) >= 11 is 3.45. The molecule has 1 N–H and O–H groups in total. The van der Waals surface area contributed by atoms with Gasteiger partial charge in [0.15, 0.2) is 0 Å². The van der Waals surface area contributed by atoms with Crippen LogP contribution in [-0.2, 0) is 32.6 Å². The van der Waals surface area contributed by atoms with Crippen LogP contribution in [0.1, 0.15) is 11.1 Å². The molecule has 4 rings (SSSR count). The van der Waals surface area contributed by atoms with Crippen molar-refractivity contribution in [2.24, 2.45) is 0 Å². The van der Waals surface area contributed by atoms with E-state index in [1.807, 2.05) is 54.6 Å². The SMILES string of the molecule is CNC(=O)[C@H](Cc1ccccc1)N(Cc1cccc(Br)c1)C(=O)CN(c1ccccc1)S(=O)(=O)c1ccc(F)cc1. The van der Waals surface area contributed by atoms with Crippen molar-refractivity contribution >= 4 is 43.5 Å². The first-order valence-electron chi connectivity index (χ1n) is 12.8. The summed E-state index contributed by atoms with van der Waals surface area (Å²) in [5.41, 5.74) is 1.85. The molecule has 0 aliphatic rings. The van der Waals surface area contributed by atoms with Crippen molar-refractivity contribution < 1.29 is 22.4 Å². The highest BCUT2D eigenvalue weighted by atomic mass is 79.9. The van der Waals surface area contributed by atoms with Crippen LogP contribution in [0.25, 0.3) is 0 Å². The molecule has 0 bridgehead atoms. The first-order chi connectivity index (χ1) is 19.7. The largest absolute Gasteiger partial charge is 0.357 e. The zero-order chi connectivity index (χ0) is 29.4. The number of likely N-dealkylation sites (N-methyl/N-ethyl adjacent to an activating group) is 1. The van der Waals surface area contributed by atoms with Crippen LogP contribution in [0.5, 0.6) is 0 Å². The molecule has 0 aromatic heterocycles. The van der Waals surface area contributed by atoms with Gasteiger partial charge >= 0.3 is 0 Å². The van der Waals surface area contributed by atoms with Gasteiger partial charge in [-0.05, 0) is 59.7 Å². The second-order valence-corrected chi connectivity index (χ2v) is 12.1. The van der Waals surface area contributed by atoms with Gasteiger partial charge in [0.1, 0.15) is 18.4 Å². The van der Waals surface area contributed by atoms with E-state index in [1.54, 1.807) is 30.3 Å². The van der Waals surface area contributed by atoms with E-state index >= 15 is 0 Å². The van der Waals surface area contributed by atoms with E-state index in [0.29, 0.717) is 0 Å². The number of sulfonamides is 1.